The van der Waals surface area contributed by atoms with Gasteiger partial charge in [0.15, 0.2) is 5.78 Å². The Balaban J connectivity index is 1.50. The van der Waals surface area contributed by atoms with Gasteiger partial charge in [-0.05, 0) is 69.8 Å². The molecule has 1 saturated heterocycles. The van der Waals surface area contributed by atoms with E-state index in [1.165, 1.54) is 42.4 Å². The molecule has 7 nitrogen and oxygen atoms in total. The lowest BCUT2D eigenvalue weighted by molar-refractivity contribution is -0.138. The van der Waals surface area contributed by atoms with Crippen LogP contribution in [0, 0.1) is 11.7 Å². The molecular weight excluding hydrogens is 467 g/mol. The van der Waals surface area contributed by atoms with Gasteiger partial charge < -0.3 is 15.5 Å². The van der Waals surface area contributed by atoms with Crippen LogP contribution in [0.5, 0.6) is 0 Å². The number of Topliss-reactive ketones (excluding diaryl/α,β-unsaturated/α-hetero) is 1. The van der Waals surface area contributed by atoms with Crippen molar-refractivity contribution < 1.29 is 18.8 Å². The Bertz CT molecular complexity index is 964. The van der Waals surface area contributed by atoms with Crippen molar-refractivity contribution in [3.63, 3.8) is 0 Å². The van der Waals surface area contributed by atoms with Crippen LogP contribution in [-0.2, 0) is 9.59 Å². The van der Waals surface area contributed by atoms with Crippen LogP contribution in [0.2, 0.25) is 0 Å². The largest absolute Gasteiger partial charge is 0.343 e. The van der Waals surface area contributed by atoms with Gasteiger partial charge in [-0.2, -0.15) is 0 Å². The molecule has 1 aromatic carbocycles. The molecule has 2 N–H and O–H groups in total. The molecule has 2 heterocycles. The van der Waals surface area contributed by atoms with Crippen LogP contribution in [0.25, 0.3) is 0 Å². The molecule has 0 bridgehead atoms. The highest BCUT2D eigenvalue weighted by atomic mass is 32.2. The van der Waals surface area contributed by atoms with Crippen LogP contribution in [0.1, 0.15) is 62.2 Å². The van der Waals surface area contributed by atoms with Crippen molar-refractivity contribution in [3.8, 4) is 0 Å². The third-order valence-electron chi connectivity index (χ3n) is 7.44. The van der Waals surface area contributed by atoms with Crippen LogP contribution in [-0.4, -0.2) is 71.1 Å². The first-order chi connectivity index (χ1) is 16.9. The second-order valence-electron chi connectivity index (χ2n) is 9.75. The summed E-state index contributed by atoms with van der Waals surface area (Å²) in [4.78, 5) is 46.1. The van der Waals surface area contributed by atoms with Crippen molar-refractivity contribution in [2.75, 3.05) is 19.3 Å². The number of benzene rings is 1. The molecule has 2 aliphatic heterocycles. The van der Waals surface area contributed by atoms with Gasteiger partial charge in [-0.25, -0.2) is 4.39 Å². The minimum absolute atomic E-state index is 0.0346. The van der Waals surface area contributed by atoms with Gasteiger partial charge in [-0.15, -0.1) is 11.8 Å². The van der Waals surface area contributed by atoms with E-state index < -0.39 is 12.1 Å². The highest BCUT2D eigenvalue weighted by Gasteiger charge is 2.42. The van der Waals surface area contributed by atoms with Gasteiger partial charge in [0.2, 0.25) is 11.8 Å². The van der Waals surface area contributed by atoms with Gasteiger partial charge in [0.25, 0.3) is 0 Å². The number of likely N-dealkylation sites (N-methyl/N-ethyl adjacent to an activating group) is 1. The summed E-state index contributed by atoms with van der Waals surface area (Å²) in [6, 6.07) is 3.94. The number of aliphatic imine (C=N–C) groups is 1. The van der Waals surface area contributed by atoms with Crippen molar-refractivity contribution >= 4 is 34.4 Å². The predicted octanol–water partition coefficient (Wildman–Crippen LogP) is 3.19. The smallest absolute Gasteiger partial charge is 0.246 e. The molecule has 0 radical (unpaired) electrons. The van der Waals surface area contributed by atoms with E-state index in [2.05, 4.69) is 10.6 Å². The summed E-state index contributed by atoms with van der Waals surface area (Å²) in [7, 11) is 1.73. The minimum atomic E-state index is -0.539. The summed E-state index contributed by atoms with van der Waals surface area (Å²) < 4.78 is 13.2. The van der Waals surface area contributed by atoms with Crippen molar-refractivity contribution in [3.05, 3.63) is 35.6 Å². The first kappa shape index (κ1) is 25.8. The summed E-state index contributed by atoms with van der Waals surface area (Å²) in [6.07, 6.45) is 6.86. The zero-order chi connectivity index (χ0) is 24.9. The third-order valence-corrected chi connectivity index (χ3v) is 8.59. The van der Waals surface area contributed by atoms with Crippen molar-refractivity contribution in [2.45, 2.75) is 76.0 Å². The average Bonchev–Trinajstić information content (AvgIpc) is 3.56. The monoisotopic (exact) mass is 502 g/mol. The summed E-state index contributed by atoms with van der Waals surface area (Å²) in [5.74, 6) is -0.0481. The number of likely N-dealkylation sites (tertiary alicyclic amines) is 1. The lowest BCUT2D eigenvalue weighted by Crippen LogP contribution is -2.57. The molecule has 35 heavy (non-hydrogen) atoms. The van der Waals surface area contributed by atoms with Gasteiger partial charge in [-0.1, -0.05) is 19.3 Å². The van der Waals surface area contributed by atoms with E-state index in [1.807, 2.05) is 4.90 Å². The summed E-state index contributed by atoms with van der Waals surface area (Å²) >= 11 is 1.53. The molecule has 9 heteroatoms. The van der Waals surface area contributed by atoms with E-state index >= 15 is 0 Å². The predicted molar refractivity (Wildman–Crippen MR) is 136 cm³/mol. The molecule has 1 aromatic rings. The molecule has 1 aliphatic carbocycles. The summed E-state index contributed by atoms with van der Waals surface area (Å²) in [5.41, 5.74) is 0.445. The number of ketones is 1. The Morgan fingerprint density at radius 1 is 1.09 bits per heavy atom. The number of rotatable bonds is 8. The van der Waals surface area contributed by atoms with Gasteiger partial charge in [-0.3, -0.25) is 19.4 Å². The van der Waals surface area contributed by atoms with Gasteiger partial charge in [0, 0.05) is 17.9 Å². The molecule has 0 aromatic heterocycles. The van der Waals surface area contributed by atoms with E-state index in [0.29, 0.717) is 17.9 Å². The van der Waals surface area contributed by atoms with Crippen LogP contribution < -0.4 is 10.6 Å². The number of thioether (sulfide) groups is 1. The van der Waals surface area contributed by atoms with Crippen LogP contribution in [0.15, 0.2) is 29.3 Å². The van der Waals surface area contributed by atoms with Crippen LogP contribution in [0.4, 0.5) is 4.39 Å². The zero-order valence-corrected chi connectivity index (χ0v) is 21.3. The van der Waals surface area contributed by atoms with Crippen molar-refractivity contribution in [1.82, 2.24) is 15.5 Å². The highest BCUT2D eigenvalue weighted by Crippen LogP contribution is 2.33. The van der Waals surface area contributed by atoms with Crippen molar-refractivity contribution in [1.29, 1.82) is 0 Å². The Kier molecular flexibility index (Phi) is 8.59. The van der Waals surface area contributed by atoms with Gasteiger partial charge >= 0.3 is 0 Å². The normalized spacial score (nSPS) is 24.7. The average molecular weight is 503 g/mol. The fourth-order valence-electron chi connectivity index (χ4n) is 5.24. The lowest BCUT2D eigenvalue weighted by atomic mass is 9.83. The standard InChI is InChI=1S/C26H35FN4O3S/c1-16(28-2)24(33)30-22(17-7-4-3-5-8-17)26(34)31-14-6-9-21(31)25-29-20(15-35-25)23(32)18-10-12-19(27)13-11-18/h10-13,16-17,20-22,28H,3-9,14-15H2,1-2H3,(H,30,33)/t16-,20?,21?,22-/m0/s1. The molecule has 2 amide bonds. The molecule has 190 valence electrons. The molecule has 2 unspecified atom stereocenters. The Morgan fingerprint density at radius 2 is 1.80 bits per heavy atom. The molecule has 4 atom stereocenters. The minimum Gasteiger partial charge on any atom is -0.343 e. The maximum absolute atomic E-state index is 13.9. The molecule has 1 saturated carbocycles. The fourth-order valence-corrected chi connectivity index (χ4v) is 6.43. The number of carbonyl (C=O) groups is 3. The van der Waals surface area contributed by atoms with E-state index in [1.54, 1.807) is 14.0 Å². The number of nitrogens with zero attached hydrogens (tertiary/aromatic N) is 2. The molecule has 4 rings (SSSR count). The zero-order valence-electron chi connectivity index (χ0n) is 20.5. The van der Waals surface area contributed by atoms with Crippen molar-refractivity contribution in [2.24, 2.45) is 10.9 Å². The van der Waals surface area contributed by atoms with E-state index in [4.69, 9.17) is 4.99 Å². The number of hydrogen-bond acceptors (Lipinski definition) is 6. The number of carbonyl (C=O) groups excluding carboxylic acids is 3. The molecule has 0 spiro atoms. The van der Waals surface area contributed by atoms with Crippen LogP contribution in [0.3, 0.4) is 0 Å². The lowest BCUT2D eigenvalue weighted by Gasteiger charge is -2.35. The van der Waals surface area contributed by atoms with Crippen LogP contribution >= 0.6 is 11.8 Å². The summed E-state index contributed by atoms with van der Waals surface area (Å²) in [5, 5.41) is 6.82. The van der Waals surface area contributed by atoms with E-state index in [-0.39, 0.29) is 41.4 Å². The maximum atomic E-state index is 13.9. The van der Waals surface area contributed by atoms with Gasteiger partial charge in [0.1, 0.15) is 17.9 Å². The quantitative estimate of drug-likeness (QED) is 0.533. The Hall–Kier alpha value is -2.26. The summed E-state index contributed by atoms with van der Waals surface area (Å²) in [6.45, 7) is 2.42. The number of halogens is 1. The first-order valence-corrected chi connectivity index (χ1v) is 13.7. The number of nitrogens with one attached hydrogen (secondary N) is 2. The number of hydrogen-bond donors (Lipinski definition) is 2. The van der Waals surface area contributed by atoms with Gasteiger partial charge in [0.05, 0.1) is 17.1 Å². The van der Waals surface area contributed by atoms with E-state index in [0.717, 1.165) is 43.6 Å². The maximum Gasteiger partial charge on any atom is 0.246 e. The molecule has 3 aliphatic rings. The van der Waals surface area contributed by atoms with E-state index in [9.17, 15) is 18.8 Å². The molecule has 2 fully saturated rings. The highest BCUT2D eigenvalue weighted by molar-refractivity contribution is 8.14. The fraction of sp³-hybridized carbons (Fsp3) is 0.615. The SMILES string of the molecule is CN[C@@H](C)C(=O)N[C@H](C(=O)N1CCCC1C1=NC(C(=O)c2ccc(F)cc2)CS1)C1CCCCC1. The second kappa shape index (κ2) is 11.6. The Labute approximate surface area is 210 Å². The second-order valence-corrected chi connectivity index (χ2v) is 10.8. The first-order valence-electron chi connectivity index (χ1n) is 12.7. The third kappa shape index (κ3) is 5.94. The molecular formula is C26H35FN4O3S. The number of amides is 2. The topological polar surface area (TPSA) is 90.9 Å². The Morgan fingerprint density at radius 3 is 2.49 bits per heavy atom.